The highest BCUT2D eigenvalue weighted by Crippen LogP contribution is 2.42. The van der Waals surface area contributed by atoms with Crippen LogP contribution in [-0.4, -0.2) is 78.6 Å². The third-order valence-corrected chi connectivity index (χ3v) is 4.92. The maximum atomic E-state index is 10.4. The van der Waals surface area contributed by atoms with E-state index < -0.39 is 6.10 Å². The van der Waals surface area contributed by atoms with Gasteiger partial charge in [-0.25, -0.2) is 4.99 Å². The van der Waals surface area contributed by atoms with E-state index in [1.54, 1.807) is 13.4 Å². The van der Waals surface area contributed by atoms with Gasteiger partial charge in [0.2, 0.25) is 0 Å². The molecule has 0 amide bonds. The van der Waals surface area contributed by atoms with Crippen LogP contribution in [0.5, 0.6) is 11.5 Å². The van der Waals surface area contributed by atoms with Crippen LogP contribution in [0.2, 0.25) is 0 Å². The van der Waals surface area contributed by atoms with Crippen molar-refractivity contribution in [2.75, 3.05) is 33.4 Å². The minimum Gasteiger partial charge on any atom is -0.491 e. The molecule has 0 spiro atoms. The molecule has 0 saturated heterocycles. The van der Waals surface area contributed by atoms with Crippen LogP contribution in [0.3, 0.4) is 0 Å². The summed E-state index contributed by atoms with van der Waals surface area (Å²) in [4.78, 5) is 13.4. The Balaban J connectivity index is 1.72. The van der Waals surface area contributed by atoms with Crippen LogP contribution in [0, 0.1) is 0 Å². The monoisotopic (exact) mass is 374 g/mol. The maximum Gasteiger partial charge on any atom is 0.187 e. The number of methoxy groups -OCH3 is 1. The first kappa shape index (κ1) is 19.6. The molecule has 1 N–H and O–H groups in total. The first-order valence-corrected chi connectivity index (χ1v) is 9.55. The van der Waals surface area contributed by atoms with Crippen molar-refractivity contribution < 1.29 is 14.6 Å². The standard InChI is InChI=1S/C20H30N4O3/c1-13(2)24(14(3)4)10-15(25)11-27-17-7-6-16-18(19(17)26-5)22-12-23-9-8-21-20(16)23/h6-7,12-15,25H,8-11H2,1-5H3/t15-/m1/s1. The highest BCUT2D eigenvalue weighted by Gasteiger charge is 2.27. The van der Waals surface area contributed by atoms with Gasteiger partial charge in [0.1, 0.15) is 24.2 Å². The van der Waals surface area contributed by atoms with E-state index in [2.05, 4.69) is 42.6 Å². The Bertz CT molecular complexity index is 722. The SMILES string of the molecule is COc1c(OC[C@H](O)CN(C(C)C)C(C)C)ccc2c1N=CN1CCN=C21. The number of nitrogens with zero attached hydrogens (tertiary/aromatic N) is 4. The maximum absolute atomic E-state index is 10.4. The van der Waals surface area contributed by atoms with E-state index in [1.807, 2.05) is 17.0 Å². The number of aliphatic hydroxyl groups excluding tert-OH is 1. The van der Waals surface area contributed by atoms with Crippen molar-refractivity contribution in [3.63, 3.8) is 0 Å². The zero-order valence-electron chi connectivity index (χ0n) is 16.8. The van der Waals surface area contributed by atoms with Gasteiger partial charge in [-0.15, -0.1) is 0 Å². The molecule has 0 fully saturated rings. The van der Waals surface area contributed by atoms with Crippen molar-refractivity contribution in [3.05, 3.63) is 17.7 Å². The number of aliphatic imine (C=N–C) groups is 2. The number of fused-ring (bicyclic) bond motifs is 3. The molecule has 1 atom stereocenters. The van der Waals surface area contributed by atoms with Gasteiger partial charge in [-0.2, -0.15) is 0 Å². The molecule has 7 heteroatoms. The highest BCUT2D eigenvalue weighted by atomic mass is 16.5. The summed E-state index contributed by atoms with van der Waals surface area (Å²) in [6.45, 7) is 10.9. The van der Waals surface area contributed by atoms with E-state index in [0.29, 0.717) is 30.1 Å². The van der Waals surface area contributed by atoms with E-state index >= 15 is 0 Å². The lowest BCUT2D eigenvalue weighted by molar-refractivity contribution is 0.0439. The Labute approximate surface area is 161 Å². The second kappa shape index (κ2) is 8.27. The smallest absolute Gasteiger partial charge is 0.187 e. The van der Waals surface area contributed by atoms with Gasteiger partial charge in [0.25, 0.3) is 0 Å². The predicted octanol–water partition coefficient (Wildman–Crippen LogP) is 2.29. The second-order valence-electron chi connectivity index (χ2n) is 7.49. The molecule has 0 unspecified atom stereocenters. The number of benzene rings is 1. The van der Waals surface area contributed by atoms with Gasteiger partial charge in [-0.1, -0.05) is 0 Å². The number of hydrogen-bond donors (Lipinski definition) is 1. The van der Waals surface area contributed by atoms with Crippen LogP contribution in [0.4, 0.5) is 5.69 Å². The van der Waals surface area contributed by atoms with Crippen LogP contribution >= 0.6 is 0 Å². The average molecular weight is 374 g/mol. The van der Waals surface area contributed by atoms with Crippen LogP contribution in [0.15, 0.2) is 22.1 Å². The largest absolute Gasteiger partial charge is 0.491 e. The zero-order chi connectivity index (χ0) is 19.6. The Morgan fingerprint density at radius 3 is 2.63 bits per heavy atom. The fraction of sp³-hybridized carbons (Fsp3) is 0.600. The molecule has 0 bridgehead atoms. The third-order valence-electron chi connectivity index (χ3n) is 4.92. The Morgan fingerprint density at radius 1 is 1.22 bits per heavy atom. The van der Waals surface area contributed by atoms with E-state index in [1.165, 1.54) is 0 Å². The van der Waals surface area contributed by atoms with Crippen LogP contribution in [0.1, 0.15) is 33.3 Å². The number of rotatable bonds is 8. The van der Waals surface area contributed by atoms with E-state index in [4.69, 9.17) is 9.47 Å². The Morgan fingerprint density at radius 2 is 1.96 bits per heavy atom. The van der Waals surface area contributed by atoms with Crippen LogP contribution in [-0.2, 0) is 0 Å². The summed E-state index contributed by atoms with van der Waals surface area (Å²) in [6.07, 6.45) is 1.20. The summed E-state index contributed by atoms with van der Waals surface area (Å²) in [5.41, 5.74) is 1.68. The molecule has 27 heavy (non-hydrogen) atoms. The highest BCUT2D eigenvalue weighted by molar-refractivity contribution is 6.12. The lowest BCUT2D eigenvalue weighted by Gasteiger charge is -2.32. The first-order valence-electron chi connectivity index (χ1n) is 9.55. The molecule has 2 heterocycles. The zero-order valence-corrected chi connectivity index (χ0v) is 16.8. The lowest BCUT2D eigenvalue weighted by atomic mass is 10.1. The summed E-state index contributed by atoms with van der Waals surface area (Å²) in [6, 6.07) is 4.55. The fourth-order valence-corrected chi connectivity index (χ4v) is 3.61. The van der Waals surface area contributed by atoms with E-state index in [9.17, 15) is 5.11 Å². The van der Waals surface area contributed by atoms with Crippen molar-refractivity contribution in [3.8, 4) is 11.5 Å². The fourth-order valence-electron chi connectivity index (χ4n) is 3.61. The predicted molar refractivity (Wildman–Crippen MR) is 108 cm³/mol. The molecule has 1 aromatic carbocycles. The minimum absolute atomic E-state index is 0.196. The summed E-state index contributed by atoms with van der Waals surface area (Å²) < 4.78 is 11.5. The Kier molecular flexibility index (Phi) is 6.01. The molecule has 1 aromatic rings. The molecule has 0 radical (unpaired) electrons. The normalized spacial score (nSPS) is 16.6. The summed E-state index contributed by atoms with van der Waals surface area (Å²) in [7, 11) is 1.61. The van der Waals surface area contributed by atoms with Crippen LogP contribution < -0.4 is 9.47 Å². The summed E-state index contributed by atoms with van der Waals surface area (Å²) in [5, 5.41) is 10.4. The van der Waals surface area contributed by atoms with Gasteiger partial charge in [-0.05, 0) is 39.8 Å². The molecule has 7 nitrogen and oxygen atoms in total. The van der Waals surface area contributed by atoms with Gasteiger partial charge in [0.05, 0.1) is 20.0 Å². The van der Waals surface area contributed by atoms with Gasteiger partial charge < -0.3 is 19.5 Å². The van der Waals surface area contributed by atoms with Crippen LogP contribution in [0.25, 0.3) is 0 Å². The lowest BCUT2D eigenvalue weighted by Crippen LogP contribution is -2.43. The summed E-state index contributed by atoms with van der Waals surface area (Å²) in [5.74, 6) is 2.09. The van der Waals surface area contributed by atoms with Crippen molar-refractivity contribution in [2.24, 2.45) is 9.98 Å². The van der Waals surface area contributed by atoms with Gasteiger partial charge in [-0.3, -0.25) is 9.89 Å². The minimum atomic E-state index is -0.589. The first-order chi connectivity index (χ1) is 12.9. The van der Waals surface area contributed by atoms with Crippen molar-refractivity contribution in [2.45, 2.75) is 45.9 Å². The second-order valence-corrected chi connectivity index (χ2v) is 7.49. The molecule has 148 valence electrons. The van der Waals surface area contributed by atoms with Crippen molar-refractivity contribution in [1.29, 1.82) is 0 Å². The van der Waals surface area contributed by atoms with E-state index in [-0.39, 0.29) is 6.61 Å². The Hall–Kier alpha value is -2.12. The number of aliphatic hydroxyl groups is 1. The van der Waals surface area contributed by atoms with Gasteiger partial charge >= 0.3 is 0 Å². The molecule has 0 aromatic heterocycles. The molecule has 2 aliphatic heterocycles. The quantitative estimate of drug-likeness (QED) is 0.756. The van der Waals surface area contributed by atoms with E-state index in [0.717, 1.165) is 30.2 Å². The van der Waals surface area contributed by atoms with Gasteiger partial charge in [0, 0.05) is 30.7 Å². The molecular formula is C20H30N4O3. The summed E-state index contributed by atoms with van der Waals surface area (Å²) >= 11 is 0. The molecule has 2 aliphatic rings. The molecule has 0 aliphatic carbocycles. The third kappa shape index (κ3) is 4.09. The average Bonchev–Trinajstić information content (AvgIpc) is 3.12. The molecule has 0 saturated carbocycles. The number of ether oxygens (including phenoxy) is 2. The number of hydrogen-bond acceptors (Lipinski definition) is 7. The molecule has 3 rings (SSSR count). The van der Waals surface area contributed by atoms with Crippen molar-refractivity contribution in [1.82, 2.24) is 9.80 Å². The molecular weight excluding hydrogens is 344 g/mol. The van der Waals surface area contributed by atoms with Crippen molar-refractivity contribution >= 4 is 17.9 Å². The number of amidine groups is 1. The van der Waals surface area contributed by atoms with Gasteiger partial charge in [0.15, 0.2) is 11.5 Å². The topological polar surface area (TPSA) is 69.9 Å².